The Labute approximate surface area is 145 Å². The number of carbonyl (C=O) groups is 2. The van der Waals surface area contributed by atoms with Crippen molar-refractivity contribution in [2.75, 3.05) is 7.11 Å². The molecule has 0 heterocycles. The van der Waals surface area contributed by atoms with Gasteiger partial charge in [-0.05, 0) is 41.5 Å². The Balaban J connectivity index is 2.04. The Morgan fingerprint density at radius 1 is 1.16 bits per heavy atom. The van der Waals surface area contributed by atoms with Gasteiger partial charge in [0.25, 0.3) is 5.91 Å². The zero-order valence-corrected chi connectivity index (χ0v) is 13.5. The van der Waals surface area contributed by atoms with Gasteiger partial charge >= 0.3 is 5.97 Å². The molecule has 126 valence electrons. The van der Waals surface area contributed by atoms with Gasteiger partial charge < -0.3 is 15.2 Å². The Kier molecular flexibility index (Phi) is 5.91. The summed E-state index contributed by atoms with van der Waals surface area (Å²) in [5.74, 6) is -0.814. The van der Waals surface area contributed by atoms with Crippen LogP contribution in [0.25, 0.3) is 6.08 Å². The molecule has 0 bridgehead atoms. The average Bonchev–Trinajstić information content (AvgIpc) is 2.64. The molecule has 1 amide bonds. The number of aromatic carboxylic acids is 1. The molecule has 0 fully saturated rings. The quantitative estimate of drug-likeness (QED) is 0.624. The van der Waals surface area contributed by atoms with Crippen LogP contribution in [0.15, 0.2) is 54.1 Å². The van der Waals surface area contributed by atoms with Crippen molar-refractivity contribution in [3.8, 4) is 11.8 Å². The first-order valence-corrected chi connectivity index (χ1v) is 7.40. The predicted molar refractivity (Wildman–Crippen MR) is 91.8 cm³/mol. The van der Waals surface area contributed by atoms with Crippen LogP contribution in [0.4, 0.5) is 0 Å². The number of amides is 1. The molecule has 2 rings (SSSR count). The highest BCUT2D eigenvalue weighted by Crippen LogP contribution is 2.12. The molecular formula is C19H16N2O4. The molecule has 0 unspecified atom stereocenters. The third kappa shape index (κ3) is 4.94. The van der Waals surface area contributed by atoms with Crippen LogP contribution < -0.4 is 10.1 Å². The van der Waals surface area contributed by atoms with Gasteiger partial charge in [-0.25, -0.2) is 4.79 Å². The summed E-state index contributed by atoms with van der Waals surface area (Å²) in [4.78, 5) is 22.9. The zero-order chi connectivity index (χ0) is 18.2. The molecule has 6 nitrogen and oxygen atoms in total. The Bertz CT molecular complexity index is 831. The second-order valence-corrected chi connectivity index (χ2v) is 5.13. The number of methoxy groups -OCH3 is 1. The fourth-order valence-electron chi connectivity index (χ4n) is 2.06. The molecule has 0 saturated heterocycles. The standard InChI is InChI=1S/C19H16N2O4/c1-25-17-8-4-14(5-9-17)12-21-18(22)16(11-20)10-13-2-6-15(7-3-13)19(23)24/h2-10H,12H2,1H3,(H,21,22)(H,23,24)/b16-10+. The van der Waals surface area contributed by atoms with Gasteiger partial charge in [0.1, 0.15) is 17.4 Å². The van der Waals surface area contributed by atoms with Crippen LogP contribution in [-0.2, 0) is 11.3 Å². The Morgan fingerprint density at radius 2 is 1.80 bits per heavy atom. The minimum atomic E-state index is -1.03. The molecule has 0 saturated carbocycles. The van der Waals surface area contributed by atoms with E-state index in [1.54, 1.807) is 19.2 Å². The van der Waals surface area contributed by atoms with Crippen LogP contribution in [0, 0.1) is 11.3 Å². The number of nitriles is 1. The summed E-state index contributed by atoms with van der Waals surface area (Å²) in [6.45, 7) is 0.278. The van der Waals surface area contributed by atoms with Crippen molar-refractivity contribution in [1.29, 1.82) is 5.26 Å². The number of carbonyl (C=O) groups excluding carboxylic acids is 1. The Morgan fingerprint density at radius 3 is 2.32 bits per heavy atom. The van der Waals surface area contributed by atoms with Gasteiger partial charge in [-0.2, -0.15) is 5.26 Å². The molecule has 6 heteroatoms. The fraction of sp³-hybridized carbons (Fsp3) is 0.105. The van der Waals surface area contributed by atoms with Gasteiger partial charge in [0.05, 0.1) is 12.7 Å². The van der Waals surface area contributed by atoms with Crippen LogP contribution in [-0.4, -0.2) is 24.1 Å². The second kappa shape index (κ2) is 8.31. The number of rotatable bonds is 6. The minimum absolute atomic E-state index is 0.0587. The van der Waals surface area contributed by atoms with E-state index < -0.39 is 11.9 Å². The maximum Gasteiger partial charge on any atom is 0.335 e. The number of ether oxygens (including phenoxy) is 1. The molecule has 2 aromatic rings. The minimum Gasteiger partial charge on any atom is -0.497 e. The number of benzene rings is 2. The first-order chi connectivity index (χ1) is 12.0. The zero-order valence-electron chi connectivity index (χ0n) is 13.5. The van der Waals surface area contributed by atoms with Gasteiger partial charge in [-0.1, -0.05) is 24.3 Å². The molecule has 0 aromatic heterocycles. The van der Waals surface area contributed by atoms with Gasteiger partial charge in [0.15, 0.2) is 0 Å². The summed E-state index contributed by atoms with van der Waals surface area (Å²) in [5.41, 5.74) is 1.52. The largest absolute Gasteiger partial charge is 0.497 e. The smallest absolute Gasteiger partial charge is 0.335 e. The van der Waals surface area contributed by atoms with E-state index in [0.717, 1.165) is 11.3 Å². The van der Waals surface area contributed by atoms with Crippen LogP contribution in [0.5, 0.6) is 5.75 Å². The van der Waals surface area contributed by atoms with Crippen molar-refractivity contribution in [3.05, 3.63) is 70.8 Å². The molecule has 0 aliphatic heterocycles. The molecule has 0 aliphatic rings. The van der Waals surface area contributed by atoms with Crippen molar-refractivity contribution in [2.24, 2.45) is 0 Å². The van der Waals surface area contributed by atoms with Crippen molar-refractivity contribution in [3.63, 3.8) is 0 Å². The highest BCUT2D eigenvalue weighted by Gasteiger charge is 2.09. The van der Waals surface area contributed by atoms with Crippen molar-refractivity contribution >= 4 is 18.0 Å². The number of nitrogens with zero attached hydrogens (tertiary/aromatic N) is 1. The van der Waals surface area contributed by atoms with E-state index in [0.29, 0.717) is 5.56 Å². The van der Waals surface area contributed by atoms with Gasteiger partial charge in [0, 0.05) is 6.54 Å². The average molecular weight is 336 g/mol. The third-order valence-electron chi connectivity index (χ3n) is 3.45. The number of carboxylic acids is 1. The van der Waals surface area contributed by atoms with Crippen LogP contribution >= 0.6 is 0 Å². The lowest BCUT2D eigenvalue weighted by Crippen LogP contribution is -2.23. The number of hydrogen-bond acceptors (Lipinski definition) is 4. The molecule has 0 atom stereocenters. The summed E-state index contributed by atoms with van der Waals surface area (Å²) in [6.07, 6.45) is 1.41. The van der Waals surface area contributed by atoms with E-state index in [2.05, 4.69) is 5.32 Å². The summed E-state index contributed by atoms with van der Waals surface area (Å²) >= 11 is 0. The first-order valence-electron chi connectivity index (χ1n) is 7.40. The van der Waals surface area contributed by atoms with Crippen molar-refractivity contribution in [2.45, 2.75) is 6.54 Å². The van der Waals surface area contributed by atoms with Crippen LogP contribution in [0.2, 0.25) is 0 Å². The van der Waals surface area contributed by atoms with Crippen LogP contribution in [0.1, 0.15) is 21.5 Å². The lowest BCUT2D eigenvalue weighted by Gasteiger charge is -2.06. The molecule has 0 aliphatic carbocycles. The van der Waals surface area contributed by atoms with Crippen molar-refractivity contribution < 1.29 is 19.4 Å². The summed E-state index contributed by atoms with van der Waals surface area (Å²) < 4.78 is 5.06. The molecule has 25 heavy (non-hydrogen) atoms. The fourth-order valence-corrected chi connectivity index (χ4v) is 2.06. The SMILES string of the molecule is COc1ccc(CNC(=O)/C(C#N)=C/c2ccc(C(=O)O)cc2)cc1. The summed E-state index contributed by atoms with van der Waals surface area (Å²) in [7, 11) is 1.57. The molecular weight excluding hydrogens is 320 g/mol. The van der Waals surface area contributed by atoms with E-state index in [-0.39, 0.29) is 17.7 Å². The number of hydrogen-bond donors (Lipinski definition) is 2. The topological polar surface area (TPSA) is 99.4 Å². The lowest BCUT2D eigenvalue weighted by atomic mass is 10.1. The maximum absolute atomic E-state index is 12.1. The predicted octanol–water partition coefficient (Wildman–Crippen LogP) is 2.62. The lowest BCUT2D eigenvalue weighted by molar-refractivity contribution is -0.117. The normalized spacial score (nSPS) is 10.6. The van der Waals surface area contributed by atoms with E-state index in [4.69, 9.17) is 9.84 Å². The first kappa shape index (κ1) is 17.8. The van der Waals surface area contributed by atoms with Crippen LogP contribution in [0.3, 0.4) is 0 Å². The highest BCUT2D eigenvalue weighted by atomic mass is 16.5. The van der Waals surface area contributed by atoms with E-state index in [9.17, 15) is 14.9 Å². The van der Waals surface area contributed by atoms with E-state index in [1.807, 2.05) is 18.2 Å². The molecule has 2 N–H and O–H groups in total. The van der Waals surface area contributed by atoms with E-state index >= 15 is 0 Å². The third-order valence-corrected chi connectivity index (χ3v) is 3.45. The number of nitrogens with one attached hydrogen (secondary N) is 1. The monoisotopic (exact) mass is 336 g/mol. The van der Waals surface area contributed by atoms with Gasteiger partial charge in [-0.3, -0.25) is 4.79 Å². The molecule has 2 aromatic carbocycles. The Hall–Kier alpha value is -3.59. The van der Waals surface area contributed by atoms with Crippen molar-refractivity contribution in [1.82, 2.24) is 5.32 Å². The summed E-state index contributed by atoms with van der Waals surface area (Å²) in [5, 5.41) is 20.7. The maximum atomic E-state index is 12.1. The second-order valence-electron chi connectivity index (χ2n) is 5.13. The van der Waals surface area contributed by atoms with Gasteiger partial charge in [0.2, 0.25) is 0 Å². The van der Waals surface area contributed by atoms with Gasteiger partial charge in [-0.15, -0.1) is 0 Å². The number of carboxylic acid groups (broad SMARTS) is 1. The van der Waals surface area contributed by atoms with E-state index in [1.165, 1.54) is 30.3 Å². The molecule has 0 radical (unpaired) electrons. The highest BCUT2D eigenvalue weighted by molar-refractivity contribution is 6.01. The summed E-state index contributed by atoms with van der Waals surface area (Å²) in [6, 6.07) is 15.0. The molecule has 0 spiro atoms.